The van der Waals surface area contributed by atoms with E-state index < -0.39 is 0 Å². The summed E-state index contributed by atoms with van der Waals surface area (Å²) in [6, 6.07) is 61.8. The number of carbonyl (C=O) groups is 3. The number of hydrazine groups is 1. The van der Waals surface area contributed by atoms with Gasteiger partial charge in [-0.1, -0.05) is 234 Å². The van der Waals surface area contributed by atoms with E-state index in [0.29, 0.717) is 17.8 Å². The van der Waals surface area contributed by atoms with E-state index in [-0.39, 0.29) is 60.3 Å². The molecular weight excluding hydrogens is 1500 g/mol. The Bertz CT molecular complexity index is 4130. The fourth-order valence-electron chi connectivity index (χ4n) is 10.0. The first-order chi connectivity index (χ1) is 47.5. The molecule has 0 fully saturated rings. The zero-order valence-corrected chi connectivity index (χ0v) is 68.3. The van der Waals surface area contributed by atoms with Gasteiger partial charge < -0.3 is 10.3 Å². The average molecular weight is 1610 g/mol. The number of nitrogen functional groups attached to an aromatic ring is 2. The van der Waals surface area contributed by atoms with Crippen molar-refractivity contribution >= 4 is 51.7 Å². The monoisotopic (exact) mass is 1610 g/mol. The number of nitrogens with zero attached hydrogens (tertiary/aromatic N) is 6. The SMILES string of the molecule is C.CCC(C)(C)C(=O)Cc1ccc(C)cc1C.CCC(C)(C)C(=O)Cl.CCC(C)(C)c1nnc(-c2[c-]cccc2)n1-c1ccc(C)cc1C.CCC(C)(C)c1nnc(-c2ccccc2)n1-c1ccc(C)cc1C.Cc1ccc(N)c(C)c1.Cc1ccc(NCl)c(C)c1.NNC(=O)c1ccccc1.[Ir]. The van der Waals surface area contributed by atoms with Crippen molar-refractivity contribution in [3.8, 4) is 34.2 Å². The first-order valence-corrected chi connectivity index (χ1v) is 35.5. The Morgan fingerprint density at radius 1 is 0.485 bits per heavy atom. The Kier molecular flexibility index (Phi) is 37.4. The molecule has 0 saturated carbocycles. The number of carbonyl (C=O) groups excluding carboxylic acids is 3. The normalized spacial score (nSPS) is 10.8. The number of nitrogens with two attached hydrogens (primary N) is 2. The van der Waals surface area contributed by atoms with Crippen LogP contribution < -0.4 is 21.8 Å². The van der Waals surface area contributed by atoms with Crippen LogP contribution in [-0.2, 0) is 46.9 Å². The molecule has 6 N–H and O–H groups in total. The van der Waals surface area contributed by atoms with E-state index >= 15 is 0 Å². The number of aromatic nitrogens is 6. The Morgan fingerprint density at radius 3 is 1.29 bits per heavy atom. The van der Waals surface area contributed by atoms with Gasteiger partial charge in [0.25, 0.3) is 5.91 Å². The number of hydrogen-bond acceptors (Lipinski definition) is 10. The van der Waals surface area contributed by atoms with E-state index in [1.54, 1.807) is 24.3 Å². The van der Waals surface area contributed by atoms with Crippen LogP contribution in [0.2, 0.25) is 0 Å². The Hall–Kier alpha value is -8.36. The second-order valence-corrected chi connectivity index (χ2v) is 29.0. The predicted octanol–water partition coefficient (Wildman–Crippen LogP) is 22.0. The van der Waals surface area contributed by atoms with Gasteiger partial charge in [0.1, 0.15) is 17.4 Å². The molecular formula is C87H115Cl2IrN10O3-. The van der Waals surface area contributed by atoms with Crippen molar-refractivity contribution in [2.45, 2.75) is 203 Å². The molecule has 0 aliphatic carbocycles. The van der Waals surface area contributed by atoms with Crippen molar-refractivity contribution < 1.29 is 34.5 Å². The fraction of sp³-hybridized carbons (Fsp3) is 0.368. The largest absolute Gasteiger partial charge is 0.399 e. The Morgan fingerprint density at radius 2 is 0.903 bits per heavy atom. The van der Waals surface area contributed by atoms with E-state index in [4.69, 9.17) is 35.0 Å². The molecule has 0 atom stereocenters. The molecule has 0 saturated heterocycles. The molecule has 1 radical (unpaired) electrons. The van der Waals surface area contributed by atoms with Gasteiger partial charge in [0, 0.05) is 82.5 Å². The molecule has 13 nitrogen and oxygen atoms in total. The maximum Gasteiger partial charge on any atom is 0.265 e. The van der Waals surface area contributed by atoms with Gasteiger partial charge in [-0.3, -0.25) is 29.2 Å². The molecule has 555 valence electrons. The van der Waals surface area contributed by atoms with E-state index in [1.807, 2.05) is 127 Å². The van der Waals surface area contributed by atoms with Crippen molar-refractivity contribution in [2.24, 2.45) is 16.7 Å². The fourth-order valence-corrected chi connectivity index (χ4v) is 10.4. The van der Waals surface area contributed by atoms with Crippen LogP contribution in [-0.4, -0.2) is 46.5 Å². The number of aryl methyl sites for hydroxylation is 10. The van der Waals surface area contributed by atoms with Gasteiger partial charge >= 0.3 is 0 Å². The van der Waals surface area contributed by atoms with Crippen LogP contribution in [0.4, 0.5) is 11.4 Å². The summed E-state index contributed by atoms with van der Waals surface area (Å²) in [5.41, 5.74) is 27.2. The van der Waals surface area contributed by atoms with Crippen molar-refractivity contribution in [3.05, 3.63) is 260 Å². The number of rotatable bonds is 16. The molecule has 0 unspecified atom stereocenters. The van der Waals surface area contributed by atoms with Gasteiger partial charge in [0.2, 0.25) is 5.24 Å². The van der Waals surface area contributed by atoms with Crippen molar-refractivity contribution in [1.29, 1.82) is 0 Å². The zero-order valence-electron chi connectivity index (χ0n) is 64.4. The van der Waals surface area contributed by atoms with Crippen LogP contribution >= 0.6 is 23.4 Å². The van der Waals surface area contributed by atoms with Gasteiger partial charge in [-0.2, -0.15) is 5.10 Å². The third kappa shape index (κ3) is 27.0. The minimum absolute atomic E-state index is 0. The predicted molar refractivity (Wildman–Crippen MR) is 432 cm³/mol. The summed E-state index contributed by atoms with van der Waals surface area (Å²) in [7, 11) is 0. The summed E-state index contributed by atoms with van der Waals surface area (Å²) in [6.45, 7) is 45.9. The number of ketones is 1. The number of halogens is 2. The molecule has 10 aromatic rings. The first-order valence-electron chi connectivity index (χ1n) is 34.7. The summed E-state index contributed by atoms with van der Waals surface area (Å²) in [5, 5.41) is 18.0. The number of hydrogen-bond donors (Lipinski definition) is 4. The second-order valence-electron chi connectivity index (χ2n) is 28.5. The molecule has 1 amide bonds. The van der Waals surface area contributed by atoms with Gasteiger partial charge in [0.15, 0.2) is 5.82 Å². The van der Waals surface area contributed by atoms with Crippen LogP contribution in [0.3, 0.4) is 0 Å². The summed E-state index contributed by atoms with van der Waals surface area (Å²) in [5.74, 6) is 8.72. The Labute approximate surface area is 641 Å². The second kappa shape index (κ2) is 42.4. The van der Waals surface area contributed by atoms with Gasteiger partial charge in [-0.15, -0.1) is 51.2 Å². The molecule has 0 bridgehead atoms. The maximum absolute atomic E-state index is 12.1. The number of Topliss-reactive ketones (excluding diaryl/α,β-unsaturated/α-hetero) is 1. The van der Waals surface area contributed by atoms with Crippen LogP contribution in [0.15, 0.2) is 176 Å². The van der Waals surface area contributed by atoms with E-state index in [2.05, 4.69) is 223 Å². The third-order valence-electron chi connectivity index (χ3n) is 18.5. The summed E-state index contributed by atoms with van der Waals surface area (Å²) < 4.78 is 4.43. The summed E-state index contributed by atoms with van der Waals surface area (Å²) in [6.07, 6.45) is 4.26. The molecule has 8 aromatic carbocycles. The van der Waals surface area contributed by atoms with Crippen molar-refractivity contribution in [1.82, 2.24) is 35.0 Å². The molecule has 0 spiro atoms. The Balaban J connectivity index is 0.000000425. The first kappa shape index (κ1) is 90.7. The minimum Gasteiger partial charge on any atom is -0.399 e. The van der Waals surface area contributed by atoms with Crippen LogP contribution in [0, 0.1) is 86.1 Å². The minimum atomic E-state index is -0.332. The molecule has 2 heterocycles. The average Bonchev–Trinajstić information content (AvgIpc) is 1.65. The van der Waals surface area contributed by atoms with Gasteiger partial charge in [0.05, 0.1) is 17.2 Å². The van der Waals surface area contributed by atoms with Crippen LogP contribution in [0.5, 0.6) is 0 Å². The van der Waals surface area contributed by atoms with E-state index in [9.17, 15) is 14.4 Å². The smallest absolute Gasteiger partial charge is 0.265 e. The van der Waals surface area contributed by atoms with Gasteiger partial charge in [-0.05, 0) is 176 Å². The number of anilines is 2. The zero-order chi connectivity index (χ0) is 75.6. The van der Waals surface area contributed by atoms with E-state index in [0.717, 1.165) is 94.0 Å². The molecule has 10 rings (SSSR count). The van der Waals surface area contributed by atoms with Crippen molar-refractivity contribution in [3.63, 3.8) is 0 Å². The molecule has 0 aliphatic heterocycles. The molecule has 2 aromatic heterocycles. The number of nitrogens with one attached hydrogen (secondary N) is 2. The summed E-state index contributed by atoms with van der Waals surface area (Å²) in [4.78, 5) is 35.9. The summed E-state index contributed by atoms with van der Waals surface area (Å²) >= 11 is 10.7. The maximum atomic E-state index is 12.1. The number of benzene rings is 8. The van der Waals surface area contributed by atoms with Gasteiger partial charge in [-0.25, -0.2) is 5.84 Å². The van der Waals surface area contributed by atoms with Crippen LogP contribution in [0.1, 0.15) is 199 Å². The van der Waals surface area contributed by atoms with E-state index in [1.165, 1.54) is 50.1 Å². The topological polar surface area (TPSA) is 189 Å². The quantitative estimate of drug-likeness (QED) is 0.0138. The standard InChI is InChI=1S/C21H25N3.C21H24N3.C15H22O.C8H10ClN.C8H11N.C7H8N2O.C6H11ClO.CH4.Ir/c2*1-6-21(4,5)20-23-22-19(17-10-8-7-9-11-17)24(20)18-13-12-15(2)14-16(18)3;1-6-15(4,5)14(16)10-13-8-7-11(2)9-12(13)3;1-6-3-4-8(10-9)7(2)5-6;1-6-3-4-8(9)7(2)5-6;8-9-7(10)6-4-2-1-3-5-6;1-4-6(2,3)5(7)8;;/h7-14H,6H2,1-5H3;7-10,12-14H,6H2,1-5H3;7-9H,6,10H2,1-5H3;3-5,10H,1-2H3;3-5H,9H2,1-2H3;1-5H,8H2,(H,9,10);4H2,1-3H3;1H4;/q;-1;;;;;;;. The molecule has 103 heavy (non-hydrogen) atoms. The molecule has 0 aliphatic rings. The van der Waals surface area contributed by atoms with Crippen LogP contribution in [0.25, 0.3) is 34.2 Å². The third-order valence-corrected chi connectivity index (χ3v) is 19.2. The number of amides is 1. The van der Waals surface area contributed by atoms with Crippen molar-refractivity contribution in [2.75, 3.05) is 10.6 Å². The molecule has 16 heteroatoms.